The molecule has 0 radical (unpaired) electrons. The summed E-state index contributed by atoms with van der Waals surface area (Å²) in [7, 11) is 0. The van der Waals surface area contributed by atoms with Gasteiger partial charge in [0, 0.05) is 13.0 Å². The normalized spacial score (nSPS) is 19.7. The third-order valence-corrected chi connectivity index (χ3v) is 5.54. The van der Waals surface area contributed by atoms with Crippen LogP contribution in [0.4, 0.5) is 4.79 Å². The molecule has 4 amide bonds. The highest BCUT2D eigenvalue weighted by atomic mass is 16.2. The Morgan fingerprint density at radius 2 is 1.96 bits per heavy atom. The Hall–Kier alpha value is -2.37. The summed E-state index contributed by atoms with van der Waals surface area (Å²) < 4.78 is 0. The first-order valence-corrected chi connectivity index (χ1v) is 9.33. The maximum absolute atomic E-state index is 12.6. The first-order valence-electron chi connectivity index (χ1n) is 9.33. The molecule has 1 aliphatic carbocycles. The molecule has 1 aromatic carbocycles. The van der Waals surface area contributed by atoms with Gasteiger partial charge in [-0.1, -0.05) is 36.6 Å². The van der Waals surface area contributed by atoms with Crippen LogP contribution in [-0.2, 0) is 9.59 Å². The van der Waals surface area contributed by atoms with Crippen molar-refractivity contribution < 1.29 is 14.4 Å². The van der Waals surface area contributed by atoms with E-state index in [4.69, 9.17) is 0 Å². The zero-order valence-electron chi connectivity index (χ0n) is 15.7. The molecule has 3 rings (SSSR count). The lowest BCUT2D eigenvalue weighted by Gasteiger charge is -2.20. The molecular formula is C20H27N3O3. The van der Waals surface area contributed by atoms with Gasteiger partial charge in [-0.3, -0.25) is 14.5 Å². The van der Waals surface area contributed by atoms with Gasteiger partial charge < -0.3 is 10.6 Å². The topological polar surface area (TPSA) is 78.5 Å². The molecule has 1 saturated heterocycles. The summed E-state index contributed by atoms with van der Waals surface area (Å²) in [4.78, 5) is 38.3. The molecule has 1 aromatic rings. The van der Waals surface area contributed by atoms with Crippen LogP contribution in [0.15, 0.2) is 18.2 Å². The highest BCUT2D eigenvalue weighted by Crippen LogP contribution is 2.35. The second-order valence-corrected chi connectivity index (χ2v) is 7.58. The van der Waals surface area contributed by atoms with Crippen molar-refractivity contribution in [2.75, 3.05) is 6.54 Å². The number of nitrogens with one attached hydrogen (secondary N) is 2. The van der Waals surface area contributed by atoms with Crippen LogP contribution < -0.4 is 10.6 Å². The van der Waals surface area contributed by atoms with E-state index in [1.54, 1.807) is 0 Å². The molecule has 0 aromatic heterocycles. The molecule has 0 bridgehead atoms. The molecule has 26 heavy (non-hydrogen) atoms. The Morgan fingerprint density at radius 3 is 2.65 bits per heavy atom. The predicted molar refractivity (Wildman–Crippen MR) is 98.5 cm³/mol. The summed E-state index contributed by atoms with van der Waals surface area (Å²) in [5.74, 6) is -0.332. The number of nitrogens with zero attached hydrogens (tertiary/aromatic N) is 1. The van der Waals surface area contributed by atoms with Crippen LogP contribution >= 0.6 is 0 Å². The highest BCUT2D eigenvalue weighted by Gasteiger charge is 2.52. The Labute approximate surface area is 154 Å². The van der Waals surface area contributed by atoms with Crippen molar-refractivity contribution in [3.05, 3.63) is 34.9 Å². The largest absolute Gasteiger partial charge is 0.350 e. The monoisotopic (exact) mass is 357 g/mol. The molecule has 0 unspecified atom stereocenters. The van der Waals surface area contributed by atoms with E-state index in [0.29, 0.717) is 12.8 Å². The molecule has 140 valence electrons. The highest BCUT2D eigenvalue weighted by molar-refractivity contribution is 6.07. The molecule has 2 aliphatic rings. The van der Waals surface area contributed by atoms with Crippen LogP contribution in [0, 0.1) is 13.8 Å². The van der Waals surface area contributed by atoms with Crippen molar-refractivity contribution in [1.82, 2.24) is 15.5 Å². The maximum atomic E-state index is 12.6. The van der Waals surface area contributed by atoms with Gasteiger partial charge in [0.15, 0.2) is 0 Å². The third-order valence-electron chi connectivity index (χ3n) is 5.54. The van der Waals surface area contributed by atoms with Gasteiger partial charge in [-0.25, -0.2) is 4.79 Å². The average molecular weight is 357 g/mol. The van der Waals surface area contributed by atoms with Crippen LogP contribution in [0.25, 0.3) is 0 Å². The van der Waals surface area contributed by atoms with Gasteiger partial charge in [0.2, 0.25) is 5.91 Å². The smallest absolute Gasteiger partial charge is 0.325 e. The Bertz CT molecular complexity index is 738. The number of carbonyl (C=O) groups excluding carboxylic acids is 3. The average Bonchev–Trinajstić information content (AvgIpc) is 3.14. The lowest BCUT2D eigenvalue weighted by Crippen LogP contribution is -2.44. The van der Waals surface area contributed by atoms with Crippen molar-refractivity contribution in [1.29, 1.82) is 0 Å². The lowest BCUT2D eigenvalue weighted by molar-refractivity contribution is -0.131. The molecule has 2 fully saturated rings. The molecular weight excluding hydrogens is 330 g/mol. The zero-order valence-corrected chi connectivity index (χ0v) is 15.7. The van der Waals surface area contributed by atoms with Crippen molar-refractivity contribution >= 4 is 17.8 Å². The van der Waals surface area contributed by atoms with Crippen LogP contribution in [0.5, 0.6) is 0 Å². The minimum Gasteiger partial charge on any atom is -0.350 e. The molecule has 1 spiro atoms. The minimum atomic E-state index is -0.709. The van der Waals surface area contributed by atoms with E-state index in [9.17, 15) is 14.4 Å². The van der Waals surface area contributed by atoms with E-state index in [1.165, 1.54) is 4.90 Å². The lowest BCUT2D eigenvalue weighted by atomic mass is 9.98. The number of hydrogen-bond donors (Lipinski definition) is 2. The first kappa shape index (κ1) is 18.4. The molecule has 1 aliphatic heterocycles. The molecule has 1 atom stereocenters. The van der Waals surface area contributed by atoms with Crippen molar-refractivity contribution in [2.24, 2.45) is 0 Å². The molecule has 1 heterocycles. The number of hydrogen-bond acceptors (Lipinski definition) is 3. The van der Waals surface area contributed by atoms with Gasteiger partial charge in [0.05, 0.1) is 6.04 Å². The number of imide groups is 1. The molecule has 6 nitrogen and oxygen atoms in total. The van der Waals surface area contributed by atoms with Gasteiger partial charge in [-0.2, -0.15) is 0 Å². The van der Waals surface area contributed by atoms with Crippen LogP contribution in [0.3, 0.4) is 0 Å². The number of aryl methyl sites for hydroxylation is 2. The second kappa shape index (κ2) is 7.09. The summed E-state index contributed by atoms with van der Waals surface area (Å²) in [6.45, 7) is 6.11. The third kappa shape index (κ3) is 3.45. The summed E-state index contributed by atoms with van der Waals surface area (Å²) in [5, 5.41) is 5.81. The molecule has 2 N–H and O–H groups in total. The molecule has 6 heteroatoms. The van der Waals surface area contributed by atoms with Gasteiger partial charge >= 0.3 is 6.03 Å². The standard InChI is InChI=1S/C20H27N3O3/c1-13-6-7-14(2)16(12-13)15(3)21-17(24)8-11-23-18(25)20(22-19(23)26)9-4-5-10-20/h6-7,12,15H,4-5,8-11H2,1-3H3,(H,21,24)(H,22,26)/t15-/m1/s1. The summed E-state index contributed by atoms with van der Waals surface area (Å²) in [6.07, 6.45) is 3.42. The number of rotatable bonds is 5. The van der Waals surface area contributed by atoms with Crippen molar-refractivity contribution in [3.63, 3.8) is 0 Å². The van der Waals surface area contributed by atoms with E-state index in [-0.39, 0.29) is 36.9 Å². The van der Waals surface area contributed by atoms with Gasteiger partial charge in [0.25, 0.3) is 5.91 Å². The van der Waals surface area contributed by atoms with Gasteiger partial charge in [0.1, 0.15) is 5.54 Å². The maximum Gasteiger partial charge on any atom is 0.325 e. The fourth-order valence-corrected chi connectivity index (χ4v) is 4.03. The summed E-state index contributed by atoms with van der Waals surface area (Å²) in [6, 6.07) is 5.67. The van der Waals surface area contributed by atoms with Crippen LogP contribution in [0.2, 0.25) is 0 Å². The Balaban J connectivity index is 1.56. The van der Waals surface area contributed by atoms with E-state index in [0.717, 1.165) is 29.5 Å². The fourth-order valence-electron chi connectivity index (χ4n) is 4.03. The number of carbonyl (C=O) groups is 3. The second-order valence-electron chi connectivity index (χ2n) is 7.58. The van der Waals surface area contributed by atoms with Gasteiger partial charge in [-0.05, 0) is 44.7 Å². The Morgan fingerprint density at radius 1 is 1.27 bits per heavy atom. The van der Waals surface area contributed by atoms with Crippen LogP contribution in [-0.4, -0.2) is 34.8 Å². The predicted octanol–water partition coefficient (Wildman–Crippen LogP) is 2.74. The summed E-state index contributed by atoms with van der Waals surface area (Å²) >= 11 is 0. The van der Waals surface area contributed by atoms with Crippen molar-refractivity contribution in [3.8, 4) is 0 Å². The van der Waals surface area contributed by atoms with E-state index >= 15 is 0 Å². The van der Waals surface area contributed by atoms with E-state index in [1.807, 2.05) is 32.9 Å². The van der Waals surface area contributed by atoms with Crippen molar-refractivity contribution in [2.45, 2.75) is 64.5 Å². The number of urea groups is 1. The fraction of sp³-hybridized carbons (Fsp3) is 0.550. The zero-order chi connectivity index (χ0) is 18.9. The molecule has 1 saturated carbocycles. The van der Waals surface area contributed by atoms with E-state index < -0.39 is 5.54 Å². The number of benzene rings is 1. The van der Waals surface area contributed by atoms with Crippen LogP contribution in [0.1, 0.15) is 61.8 Å². The van der Waals surface area contributed by atoms with E-state index in [2.05, 4.69) is 16.7 Å². The quantitative estimate of drug-likeness (QED) is 0.796. The first-order chi connectivity index (χ1) is 12.3. The SMILES string of the molecule is Cc1ccc(C)c([C@@H](C)NC(=O)CCN2C(=O)NC3(CCCC3)C2=O)c1. The minimum absolute atomic E-state index is 0.116. The summed E-state index contributed by atoms with van der Waals surface area (Å²) in [5.41, 5.74) is 2.64. The number of amides is 4. The van der Waals surface area contributed by atoms with Gasteiger partial charge in [-0.15, -0.1) is 0 Å². The Kier molecular flexibility index (Phi) is 5.03.